The second-order valence-corrected chi connectivity index (χ2v) is 14.6. The standard InChI is InChI=1S/C33H39Cl2F6N7O2/c1-31(2,3)29(50)43-15-17-5-10-21(34)27(26(17)35)46-30-45-22-13-20(28(49)44-19-8-6-18(7-9-19)32(36,37)38)23(14-24(22)47(30)4)48-12-11-42-25(16-48)33(39,40)41/h5,10,13-14,18-19,25,42H,6-9,11-12,15-16H2,1-4H3,(H,43,50)(H,44,49)(H,45,46). The highest BCUT2D eigenvalue weighted by molar-refractivity contribution is 6.39. The molecule has 0 spiro atoms. The van der Waals surface area contributed by atoms with Gasteiger partial charge in [-0.25, -0.2) is 4.98 Å². The molecule has 2 amide bonds. The van der Waals surface area contributed by atoms with Crippen molar-refractivity contribution < 1.29 is 35.9 Å². The van der Waals surface area contributed by atoms with Gasteiger partial charge in [0.25, 0.3) is 5.91 Å². The van der Waals surface area contributed by atoms with Crippen LogP contribution < -0.4 is 26.2 Å². The van der Waals surface area contributed by atoms with Crippen molar-refractivity contribution in [3.63, 3.8) is 0 Å². The van der Waals surface area contributed by atoms with E-state index in [9.17, 15) is 35.9 Å². The highest BCUT2D eigenvalue weighted by Crippen LogP contribution is 2.39. The summed E-state index contributed by atoms with van der Waals surface area (Å²) in [7, 11) is 1.67. The minimum absolute atomic E-state index is 0.00642. The van der Waals surface area contributed by atoms with Crippen LogP contribution in [0, 0.1) is 11.3 Å². The third-order valence-electron chi connectivity index (χ3n) is 9.21. The molecule has 4 N–H and O–H groups in total. The Balaban J connectivity index is 1.47. The Morgan fingerprint density at radius 1 is 1.00 bits per heavy atom. The van der Waals surface area contributed by atoms with E-state index in [4.69, 9.17) is 23.2 Å². The number of hydrogen-bond donors (Lipinski definition) is 4. The lowest BCUT2D eigenvalue weighted by Gasteiger charge is -2.37. The van der Waals surface area contributed by atoms with Crippen LogP contribution in [-0.4, -0.2) is 65.4 Å². The third kappa shape index (κ3) is 8.37. The van der Waals surface area contributed by atoms with Gasteiger partial charge in [-0.15, -0.1) is 0 Å². The van der Waals surface area contributed by atoms with Crippen LogP contribution in [0.2, 0.25) is 10.0 Å². The van der Waals surface area contributed by atoms with Crippen molar-refractivity contribution in [2.75, 3.05) is 29.9 Å². The molecule has 9 nitrogen and oxygen atoms in total. The van der Waals surface area contributed by atoms with Crippen molar-refractivity contribution in [3.05, 3.63) is 45.4 Å². The van der Waals surface area contributed by atoms with Gasteiger partial charge in [0.05, 0.1) is 43.9 Å². The number of imidazole rings is 1. The van der Waals surface area contributed by atoms with Crippen LogP contribution in [0.25, 0.3) is 11.0 Å². The summed E-state index contributed by atoms with van der Waals surface area (Å²) in [4.78, 5) is 32.3. The van der Waals surface area contributed by atoms with Gasteiger partial charge in [0.1, 0.15) is 6.04 Å². The summed E-state index contributed by atoms with van der Waals surface area (Å²) in [6.07, 6.45) is -8.86. The molecule has 50 heavy (non-hydrogen) atoms. The van der Waals surface area contributed by atoms with Crippen molar-refractivity contribution >= 4 is 63.4 Å². The van der Waals surface area contributed by atoms with Gasteiger partial charge in [-0.3, -0.25) is 9.59 Å². The first kappa shape index (κ1) is 37.8. The van der Waals surface area contributed by atoms with Gasteiger partial charge in [-0.05, 0) is 49.4 Å². The normalized spacial score (nSPS) is 20.6. The van der Waals surface area contributed by atoms with Crippen LogP contribution in [0.1, 0.15) is 62.4 Å². The molecule has 17 heteroatoms. The number of piperazine rings is 1. The number of carbonyl (C=O) groups excluding carboxylic acids is 2. The van der Waals surface area contributed by atoms with Crippen molar-refractivity contribution in [2.45, 2.75) is 77.4 Å². The number of aromatic nitrogens is 2. The molecule has 1 unspecified atom stereocenters. The first-order valence-corrected chi connectivity index (χ1v) is 16.9. The SMILES string of the molecule is Cn1c(Nc2c(Cl)ccc(CNC(=O)C(C)(C)C)c2Cl)nc2cc(C(=O)NC3CCC(C(F)(F)F)CC3)c(N3CCNC(C(F)(F)F)C3)cc21. The number of nitrogens with one attached hydrogen (secondary N) is 4. The molecular formula is C33H39Cl2F6N7O2. The molecule has 2 fully saturated rings. The molecule has 2 aromatic carbocycles. The molecule has 1 saturated heterocycles. The van der Waals surface area contributed by atoms with Gasteiger partial charge in [0.2, 0.25) is 11.9 Å². The van der Waals surface area contributed by atoms with E-state index >= 15 is 0 Å². The van der Waals surface area contributed by atoms with E-state index in [1.807, 2.05) is 0 Å². The van der Waals surface area contributed by atoms with Crippen LogP contribution in [0.5, 0.6) is 0 Å². The molecule has 1 aliphatic heterocycles. The van der Waals surface area contributed by atoms with Crippen molar-refractivity contribution in [1.29, 1.82) is 0 Å². The molecule has 0 bridgehead atoms. The average molecular weight is 751 g/mol. The van der Waals surface area contributed by atoms with Gasteiger partial charge in [-0.1, -0.05) is 50.0 Å². The molecule has 3 aromatic rings. The van der Waals surface area contributed by atoms with Crippen LogP contribution in [0.3, 0.4) is 0 Å². The minimum atomic E-state index is -4.53. The summed E-state index contributed by atoms with van der Waals surface area (Å²) in [6.45, 7) is 5.19. The summed E-state index contributed by atoms with van der Waals surface area (Å²) in [5.74, 6) is -1.98. The number of nitrogens with zero attached hydrogens (tertiary/aromatic N) is 3. The molecule has 2 heterocycles. The zero-order valence-electron chi connectivity index (χ0n) is 27.9. The number of benzene rings is 2. The Morgan fingerprint density at radius 2 is 1.68 bits per heavy atom. The van der Waals surface area contributed by atoms with E-state index in [-0.39, 0.29) is 78.5 Å². The number of alkyl halides is 6. The van der Waals surface area contributed by atoms with Crippen molar-refractivity contribution in [3.8, 4) is 0 Å². The van der Waals surface area contributed by atoms with E-state index < -0.39 is 48.2 Å². The van der Waals surface area contributed by atoms with Crippen LogP contribution in [-0.2, 0) is 18.4 Å². The number of hydrogen-bond acceptors (Lipinski definition) is 6. The first-order valence-electron chi connectivity index (χ1n) is 16.2. The van der Waals surface area contributed by atoms with E-state index in [1.165, 1.54) is 11.0 Å². The van der Waals surface area contributed by atoms with Crippen molar-refractivity contribution in [1.82, 2.24) is 25.5 Å². The largest absolute Gasteiger partial charge is 0.405 e. The predicted octanol–water partition coefficient (Wildman–Crippen LogP) is 7.48. The Hall–Kier alpha value is -3.43. The Labute approximate surface area is 295 Å². The fourth-order valence-corrected chi connectivity index (χ4v) is 6.73. The number of amides is 2. The first-order chi connectivity index (χ1) is 23.2. The van der Waals surface area contributed by atoms with E-state index in [0.717, 1.165) is 0 Å². The minimum Gasteiger partial charge on any atom is -0.368 e. The molecule has 274 valence electrons. The lowest BCUT2D eigenvalue weighted by atomic mass is 9.85. The number of rotatable bonds is 7. The average Bonchev–Trinajstić information content (AvgIpc) is 3.34. The van der Waals surface area contributed by atoms with Gasteiger partial charge in [0, 0.05) is 44.7 Å². The molecule has 1 saturated carbocycles. The number of fused-ring (bicyclic) bond motifs is 1. The number of halogens is 8. The third-order valence-corrected chi connectivity index (χ3v) is 9.95. The summed E-state index contributed by atoms with van der Waals surface area (Å²) in [6, 6.07) is 3.99. The molecule has 5 rings (SSSR count). The summed E-state index contributed by atoms with van der Waals surface area (Å²) in [5, 5.41) is 11.8. The predicted molar refractivity (Wildman–Crippen MR) is 181 cm³/mol. The molecule has 1 aromatic heterocycles. The van der Waals surface area contributed by atoms with Gasteiger partial charge in [0.15, 0.2) is 0 Å². The Kier molecular flexibility index (Phi) is 10.8. The quantitative estimate of drug-likeness (QED) is 0.187. The van der Waals surface area contributed by atoms with E-state index in [1.54, 1.807) is 50.6 Å². The van der Waals surface area contributed by atoms with Crippen LogP contribution in [0.15, 0.2) is 24.3 Å². The topological polar surface area (TPSA) is 103 Å². The number of anilines is 3. The van der Waals surface area contributed by atoms with E-state index in [0.29, 0.717) is 22.3 Å². The molecule has 0 radical (unpaired) electrons. The summed E-state index contributed by atoms with van der Waals surface area (Å²) >= 11 is 13.2. The maximum Gasteiger partial charge on any atom is 0.405 e. The fraction of sp³-hybridized carbons (Fsp3) is 0.545. The highest BCUT2D eigenvalue weighted by atomic mass is 35.5. The highest BCUT2D eigenvalue weighted by Gasteiger charge is 2.43. The molecule has 1 aliphatic carbocycles. The lowest BCUT2D eigenvalue weighted by Crippen LogP contribution is -2.57. The summed E-state index contributed by atoms with van der Waals surface area (Å²) in [5.41, 5.74) is 1.36. The smallest absolute Gasteiger partial charge is 0.368 e. The van der Waals surface area contributed by atoms with Crippen molar-refractivity contribution in [2.24, 2.45) is 18.4 Å². The maximum absolute atomic E-state index is 13.8. The van der Waals surface area contributed by atoms with Crippen LogP contribution in [0.4, 0.5) is 43.7 Å². The number of carbonyl (C=O) groups is 2. The van der Waals surface area contributed by atoms with Gasteiger partial charge >= 0.3 is 12.4 Å². The molecule has 1 atom stereocenters. The molecular weight excluding hydrogens is 711 g/mol. The Morgan fingerprint density at radius 3 is 2.30 bits per heavy atom. The maximum atomic E-state index is 13.8. The fourth-order valence-electron chi connectivity index (χ4n) is 6.20. The molecule has 2 aliphatic rings. The second kappa shape index (κ2) is 14.3. The number of aryl methyl sites for hydroxylation is 1. The van der Waals surface area contributed by atoms with Gasteiger partial charge in [-0.2, -0.15) is 26.3 Å². The lowest BCUT2D eigenvalue weighted by molar-refractivity contribution is -0.182. The van der Waals surface area contributed by atoms with Gasteiger partial charge < -0.3 is 30.7 Å². The second-order valence-electron chi connectivity index (χ2n) is 13.9. The zero-order chi connectivity index (χ0) is 36.8. The monoisotopic (exact) mass is 749 g/mol. The summed E-state index contributed by atoms with van der Waals surface area (Å²) < 4.78 is 82.6. The Bertz CT molecular complexity index is 1750. The zero-order valence-corrected chi connectivity index (χ0v) is 29.4. The van der Waals surface area contributed by atoms with E-state index in [2.05, 4.69) is 26.3 Å². The van der Waals surface area contributed by atoms with Crippen LogP contribution >= 0.6 is 23.2 Å².